The highest BCUT2D eigenvalue weighted by atomic mass is 32.2. The highest BCUT2D eigenvalue weighted by Gasteiger charge is 2.27. The van der Waals surface area contributed by atoms with Gasteiger partial charge in [-0.25, -0.2) is 4.98 Å². The highest BCUT2D eigenvalue weighted by Crippen LogP contribution is 2.32. The lowest BCUT2D eigenvalue weighted by Gasteiger charge is -2.20. The Hall–Kier alpha value is -1.42. The number of pyridine rings is 1. The number of aromatic nitrogens is 1. The van der Waals surface area contributed by atoms with Crippen molar-refractivity contribution in [1.82, 2.24) is 4.98 Å². The van der Waals surface area contributed by atoms with Gasteiger partial charge in [-0.15, -0.1) is 0 Å². The quantitative estimate of drug-likeness (QED) is 0.837. The summed E-state index contributed by atoms with van der Waals surface area (Å²) in [5.41, 5.74) is 7.59. The summed E-state index contributed by atoms with van der Waals surface area (Å²) in [7, 11) is 0. The van der Waals surface area contributed by atoms with Gasteiger partial charge in [-0.05, 0) is 48.9 Å². The van der Waals surface area contributed by atoms with Gasteiger partial charge >= 0.3 is 0 Å². The fourth-order valence-electron chi connectivity index (χ4n) is 2.92. The van der Waals surface area contributed by atoms with Crippen molar-refractivity contribution in [3.05, 3.63) is 30.3 Å². The minimum Gasteiger partial charge on any atom is -0.399 e. The minimum absolute atomic E-state index is 0.554. The fraction of sp³-hybridized carbons (Fsp3) is 0.438. The molecule has 20 heavy (non-hydrogen) atoms. The van der Waals surface area contributed by atoms with Crippen LogP contribution in [0, 0.1) is 0 Å². The summed E-state index contributed by atoms with van der Waals surface area (Å²) >= 11 is 2.07. The first-order valence-corrected chi connectivity index (χ1v) is 8.35. The number of hydrogen-bond donors (Lipinski definition) is 2. The summed E-state index contributed by atoms with van der Waals surface area (Å²) in [6.07, 6.45) is 3.89. The van der Waals surface area contributed by atoms with Gasteiger partial charge in [-0.2, -0.15) is 11.8 Å². The number of nitrogen functional groups attached to an aromatic ring is 1. The van der Waals surface area contributed by atoms with Crippen LogP contribution in [0.2, 0.25) is 0 Å². The third kappa shape index (κ3) is 2.85. The van der Waals surface area contributed by atoms with Crippen molar-refractivity contribution in [3.8, 4) is 0 Å². The van der Waals surface area contributed by atoms with Gasteiger partial charge in [0.05, 0.1) is 5.52 Å². The molecule has 0 radical (unpaired) electrons. The topological polar surface area (TPSA) is 50.9 Å². The maximum absolute atomic E-state index is 5.80. The zero-order valence-corrected chi connectivity index (χ0v) is 12.6. The maximum atomic E-state index is 5.80. The molecule has 4 heteroatoms. The SMILES string of the molecule is CCSC1CCCC1Nc1ccc2cc(N)ccc2n1. The van der Waals surface area contributed by atoms with Gasteiger partial charge in [-0.1, -0.05) is 13.3 Å². The Kier molecular flexibility index (Phi) is 4.01. The number of nitrogens with one attached hydrogen (secondary N) is 1. The molecule has 0 spiro atoms. The van der Waals surface area contributed by atoms with E-state index in [0.717, 1.165) is 27.7 Å². The van der Waals surface area contributed by atoms with E-state index in [4.69, 9.17) is 10.7 Å². The van der Waals surface area contributed by atoms with Crippen LogP contribution in [0.5, 0.6) is 0 Å². The second-order valence-electron chi connectivity index (χ2n) is 5.32. The van der Waals surface area contributed by atoms with Gasteiger partial charge in [0.1, 0.15) is 5.82 Å². The summed E-state index contributed by atoms with van der Waals surface area (Å²) in [4.78, 5) is 4.70. The Bertz CT molecular complexity index is 599. The van der Waals surface area contributed by atoms with E-state index < -0.39 is 0 Å². The van der Waals surface area contributed by atoms with Gasteiger partial charge in [0.25, 0.3) is 0 Å². The second-order valence-corrected chi connectivity index (χ2v) is 6.84. The van der Waals surface area contributed by atoms with E-state index in [0.29, 0.717) is 6.04 Å². The molecular weight excluding hydrogens is 266 g/mol. The van der Waals surface area contributed by atoms with Gasteiger partial charge < -0.3 is 11.1 Å². The summed E-state index contributed by atoms with van der Waals surface area (Å²) in [5.74, 6) is 2.17. The normalized spacial score (nSPS) is 22.2. The molecule has 1 heterocycles. The molecule has 3 nitrogen and oxygen atoms in total. The molecule has 0 saturated heterocycles. The third-order valence-electron chi connectivity index (χ3n) is 3.88. The zero-order valence-electron chi connectivity index (χ0n) is 11.8. The number of hydrogen-bond acceptors (Lipinski definition) is 4. The van der Waals surface area contributed by atoms with Crippen LogP contribution in [0.4, 0.5) is 11.5 Å². The van der Waals surface area contributed by atoms with E-state index >= 15 is 0 Å². The molecule has 0 amide bonds. The van der Waals surface area contributed by atoms with Crippen LogP contribution >= 0.6 is 11.8 Å². The fourth-order valence-corrected chi connectivity index (χ4v) is 4.12. The van der Waals surface area contributed by atoms with E-state index in [-0.39, 0.29) is 0 Å². The Balaban J connectivity index is 1.78. The Morgan fingerprint density at radius 2 is 2.20 bits per heavy atom. The lowest BCUT2D eigenvalue weighted by atomic mass is 10.2. The van der Waals surface area contributed by atoms with Crippen molar-refractivity contribution < 1.29 is 0 Å². The number of benzene rings is 1. The molecule has 106 valence electrons. The van der Waals surface area contributed by atoms with Crippen molar-refractivity contribution in [2.75, 3.05) is 16.8 Å². The van der Waals surface area contributed by atoms with E-state index in [1.807, 2.05) is 18.2 Å². The molecule has 0 aliphatic heterocycles. The van der Waals surface area contributed by atoms with Gasteiger partial charge in [0.2, 0.25) is 0 Å². The van der Waals surface area contributed by atoms with Crippen LogP contribution < -0.4 is 11.1 Å². The third-order valence-corrected chi connectivity index (χ3v) is 5.21. The van der Waals surface area contributed by atoms with Crippen LogP contribution in [0.3, 0.4) is 0 Å². The molecule has 0 bridgehead atoms. The van der Waals surface area contributed by atoms with Crippen LogP contribution in [-0.2, 0) is 0 Å². The molecule has 3 rings (SSSR count). The summed E-state index contributed by atoms with van der Waals surface area (Å²) in [5, 5.41) is 5.44. The molecule has 3 N–H and O–H groups in total. The first-order chi connectivity index (χ1) is 9.76. The van der Waals surface area contributed by atoms with Crippen LogP contribution in [0.15, 0.2) is 30.3 Å². The standard InChI is InChI=1S/C16H21N3S/c1-2-20-15-5-3-4-14(15)19-16-9-6-11-10-12(17)7-8-13(11)18-16/h6-10,14-15H,2-5,17H2,1H3,(H,18,19). The van der Waals surface area contributed by atoms with Crippen molar-refractivity contribution in [2.45, 2.75) is 37.5 Å². The predicted molar refractivity (Wildman–Crippen MR) is 89.3 cm³/mol. The number of rotatable bonds is 4. The molecule has 2 atom stereocenters. The van der Waals surface area contributed by atoms with Crippen molar-refractivity contribution >= 4 is 34.2 Å². The lowest BCUT2D eigenvalue weighted by molar-refractivity contribution is 0.763. The number of thioether (sulfide) groups is 1. The first kappa shape index (κ1) is 13.6. The van der Waals surface area contributed by atoms with Gasteiger partial charge in [0.15, 0.2) is 0 Å². The first-order valence-electron chi connectivity index (χ1n) is 7.30. The Morgan fingerprint density at radius 1 is 1.30 bits per heavy atom. The van der Waals surface area contributed by atoms with E-state index in [2.05, 4.69) is 36.1 Å². The molecule has 1 fully saturated rings. The average molecular weight is 287 g/mol. The van der Waals surface area contributed by atoms with E-state index in [1.54, 1.807) is 0 Å². The van der Waals surface area contributed by atoms with Gasteiger partial charge in [0, 0.05) is 22.4 Å². The highest BCUT2D eigenvalue weighted by molar-refractivity contribution is 7.99. The number of nitrogens with two attached hydrogens (primary N) is 1. The van der Waals surface area contributed by atoms with Crippen LogP contribution in [0.1, 0.15) is 26.2 Å². The Labute approximate surface area is 124 Å². The summed E-state index contributed by atoms with van der Waals surface area (Å²) in [6.45, 7) is 2.23. The summed E-state index contributed by atoms with van der Waals surface area (Å²) < 4.78 is 0. The molecule has 2 unspecified atom stereocenters. The number of anilines is 2. The monoisotopic (exact) mass is 287 g/mol. The van der Waals surface area contributed by atoms with Crippen molar-refractivity contribution in [2.24, 2.45) is 0 Å². The van der Waals surface area contributed by atoms with Crippen molar-refractivity contribution in [1.29, 1.82) is 0 Å². The van der Waals surface area contributed by atoms with E-state index in [9.17, 15) is 0 Å². The number of nitrogens with zero attached hydrogens (tertiary/aromatic N) is 1. The predicted octanol–water partition coefficient (Wildman–Crippen LogP) is 3.90. The smallest absolute Gasteiger partial charge is 0.126 e. The second kappa shape index (κ2) is 5.92. The molecule has 1 aliphatic rings. The zero-order chi connectivity index (χ0) is 13.9. The van der Waals surface area contributed by atoms with Gasteiger partial charge in [-0.3, -0.25) is 0 Å². The van der Waals surface area contributed by atoms with Crippen LogP contribution in [0.25, 0.3) is 10.9 Å². The largest absolute Gasteiger partial charge is 0.399 e. The Morgan fingerprint density at radius 3 is 3.05 bits per heavy atom. The molecule has 1 aliphatic carbocycles. The molecular formula is C16H21N3S. The number of fused-ring (bicyclic) bond motifs is 1. The molecule has 1 aromatic carbocycles. The minimum atomic E-state index is 0.554. The van der Waals surface area contributed by atoms with E-state index in [1.165, 1.54) is 25.0 Å². The molecule has 1 saturated carbocycles. The molecule has 2 aromatic rings. The summed E-state index contributed by atoms with van der Waals surface area (Å²) in [6, 6.07) is 10.6. The van der Waals surface area contributed by atoms with Crippen LogP contribution in [-0.4, -0.2) is 22.0 Å². The average Bonchev–Trinajstić information content (AvgIpc) is 2.87. The molecule has 1 aromatic heterocycles. The maximum Gasteiger partial charge on any atom is 0.126 e. The van der Waals surface area contributed by atoms with Crippen molar-refractivity contribution in [3.63, 3.8) is 0 Å². The lowest BCUT2D eigenvalue weighted by Crippen LogP contribution is -2.26.